The normalized spacial score (nSPS) is 19.9. The third kappa shape index (κ3) is 2.86. The Morgan fingerprint density at radius 3 is 2.63 bits per heavy atom. The average Bonchev–Trinajstić information content (AvgIpc) is 2.71. The molecule has 2 unspecified atom stereocenters. The lowest BCUT2D eigenvalue weighted by atomic mass is 10.0. The first-order valence-corrected chi connectivity index (χ1v) is 6.60. The maximum Gasteiger partial charge on any atom is 0.122 e. The molecule has 0 N–H and O–H groups in total. The lowest BCUT2D eigenvalue weighted by molar-refractivity contribution is -0.109. The van der Waals surface area contributed by atoms with Gasteiger partial charge in [0, 0.05) is 18.8 Å². The van der Waals surface area contributed by atoms with E-state index in [-0.39, 0.29) is 18.6 Å². The fourth-order valence-corrected chi connectivity index (χ4v) is 2.43. The molecule has 19 heavy (non-hydrogen) atoms. The average molecular weight is 300 g/mol. The molecule has 0 bridgehead atoms. The van der Waals surface area contributed by atoms with Crippen molar-refractivity contribution < 1.29 is 4.79 Å². The van der Waals surface area contributed by atoms with Gasteiger partial charge in [-0.05, 0) is 24.6 Å². The van der Waals surface area contributed by atoms with Crippen LogP contribution in [0, 0.1) is 5.21 Å². The van der Waals surface area contributed by atoms with Crippen molar-refractivity contribution >= 4 is 29.5 Å². The van der Waals surface area contributed by atoms with E-state index in [1.165, 1.54) is 6.20 Å². The van der Waals surface area contributed by atoms with Crippen LogP contribution >= 0.6 is 23.2 Å². The van der Waals surface area contributed by atoms with Crippen LogP contribution in [0.5, 0.6) is 0 Å². The molecule has 2 rings (SSSR count). The van der Waals surface area contributed by atoms with E-state index in [0.29, 0.717) is 10.0 Å². The van der Waals surface area contributed by atoms with Gasteiger partial charge in [0.1, 0.15) is 6.29 Å². The monoisotopic (exact) mass is 299 g/mol. The molecule has 0 saturated heterocycles. The Hall–Kier alpha value is -1.23. The molecule has 0 saturated carbocycles. The number of hydrogen-bond acceptors (Lipinski definition) is 4. The molecule has 0 aromatic heterocycles. The Balaban J connectivity index is 2.32. The molecular formula is C13H13Cl2N2O2-. The summed E-state index contributed by atoms with van der Waals surface area (Å²) in [5.74, 6) is 0. The number of halogens is 2. The van der Waals surface area contributed by atoms with Gasteiger partial charge >= 0.3 is 0 Å². The summed E-state index contributed by atoms with van der Waals surface area (Å²) in [6.45, 7) is 1.78. The van der Waals surface area contributed by atoms with E-state index in [1.807, 2.05) is 11.0 Å². The first-order valence-electron chi connectivity index (χ1n) is 5.84. The number of nitrogens with zero attached hydrogens (tertiary/aromatic N) is 2. The van der Waals surface area contributed by atoms with E-state index in [2.05, 4.69) is 0 Å². The van der Waals surface area contributed by atoms with Crippen LogP contribution in [-0.4, -0.2) is 22.4 Å². The highest BCUT2D eigenvalue weighted by molar-refractivity contribution is 6.42. The summed E-state index contributed by atoms with van der Waals surface area (Å²) < 4.78 is 0. The summed E-state index contributed by atoms with van der Waals surface area (Å²) >= 11 is 11.9. The molecule has 4 nitrogen and oxygen atoms in total. The Kier molecular flexibility index (Phi) is 4.34. The molecule has 1 aromatic rings. The van der Waals surface area contributed by atoms with Crippen molar-refractivity contribution in [3.8, 4) is 0 Å². The van der Waals surface area contributed by atoms with E-state index in [4.69, 9.17) is 23.2 Å². The first-order chi connectivity index (χ1) is 9.04. The van der Waals surface area contributed by atoms with Gasteiger partial charge in [0.15, 0.2) is 0 Å². The molecule has 2 atom stereocenters. The Morgan fingerprint density at radius 1 is 1.37 bits per heavy atom. The van der Waals surface area contributed by atoms with Crippen LogP contribution in [-0.2, 0) is 4.79 Å². The summed E-state index contributed by atoms with van der Waals surface area (Å²) in [6, 6.07) is 5.01. The number of benzene rings is 1. The van der Waals surface area contributed by atoms with Crippen molar-refractivity contribution in [1.29, 1.82) is 0 Å². The molecule has 0 radical (unpaired) electrons. The topological polar surface area (TPSA) is 46.6 Å². The maximum atomic E-state index is 11.5. The van der Waals surface area contributed by atoms with Gasteiger partial charge in [0.05, 0.1) is 22.3 Å². The minimum Gasteiger partial charge on any atom is -0.757 e. The van der Waals surface area contributed by atoms with Gasteiger partial charge in [0.25, 0.3) is 0 Å². The maximum absolute atomic E-state index is 11.5. The molecule has 102 valence electrons. The molecule has 1 aliphatic rings. The highest BCUT2D eigenvalue weighted by Gasteiger charge is 2.25. The summed E-state index contributed by atoms with van der Waals surface area (Å²) in [5, 5.41) is 13.2. The zero-order chi connectivity index (χ0) is 14.0. The SMILES string of the molecule is CC1N([O-])C=CN1C(CC=O)c1ccc(Cl)c(Cl)c1. The van der Waals surface area contributed by atoms with Crippen molar-refractivity contribution in [3.05, 3.63) is 51.4 Å². The fourth-order valence-electron chi connectivity index (χ4n) is 2.13. The van der Waals surface area contributed by atoms with E-state index in [9.17, 15) is 10.0 Å². The number of aldehydes is 1. The summed E-state index contributed by atoms with van der Waals surface area (Å²) in [5.41, 5.74) is 0.855. The van der Waals surface area contributed by atoms with Gasteiger partial charge in [-0.2, -0.15) is 0 Å². The first kappa shape index (κ1) is 14.2. The van der Waals surface area contributed by atoms with E-state index >= 15 is 0 Å². The molecule has 0 spiro atoms. The standard InChI is InChI=1S/C13H13Cl2N2O2/c1-9-16(5-6-17(9)19)13(4-7-18)10-2-3-11(14)12(15)8-10/h2-3,5-9,13H,4H2,1H3/q-1. The second-order valence-electron chi connectivity index (χ2n) is 4.33. The van der Waals surface area contributed by atoms with Crippen LogP contribution in [0.3, 0.4) is 0 Å². The number of hydrogen-bond donors (Lipinski definition) is 0. The molecule has 0 fully saturated rings. The van der Waals surface area contributed by atoms with Gasteiger partial charge in [-0.15, -0.1) is 0 Å². The molecule has 1 aliphatic heterocycles. The third-order valence-corrected chi connectivity index (χ3v) is 3.93. The fraction of sp³-hybridized carbons (Fsp3) is 0.308. The number of carbonyl (C=O) groups is 1. The molecule has 0 amide bonds. The van der Waals surface area contributed by atoms with E-state index in [0.717, 1.165) is 16.9 Å². The molecule has 6 heteroatoms. The van der Waals surface area contributed by atoms with Crippen LogP contribution < -0.4 is 0 Å². The lowest BCUT2D eigenvalue weighted by Crippen LogP contribution is -2.35. The van der Waals surface area contributed by atoms with Crippen molar-refractivity contribution in [2.75, 3.05) is 0 Å². The Labute approximate surface area is 121 Å². The van der Waals surface area contributed by atoms with Gasteiger partial charge < -0.3 is 20.0 Å². The molecule has 1 aromatic carbocycles. The summed E-state index contributed by atoms with van der Waals surface area (Å²) in [7, 11) is 0. The second-order valence-corrected chi connectivity index (χ2v) is 5.14. The van der Waals surface area contributed by atoms with Crippen LogP contribution in [0.4, 0.5) is 0 Å². The minimum atomic E-state index is -0.348. The van der Waals surface area contributed by atoms with E-state index < -0.39 is 0 Å². The Bertz CT molecular complexity index is 507. The zero-order valence-corrected chi connectivity index (χ0v) is 11.8. The van der Waals surface area contributed by atoms with Gasteiger partial charge in [-0.1, -0.05) is 29.3 Å². The predicted molar refractivity (Wildman–Crippen MR) is 75.5 cm³/mol. The van der Waals surface area contributed by atoms with Gasteiger partial charge in [-0.25, -0.2) is 0 Å². The molecular weight excluding hydrogens is 287 g/mol. The minimum absolute atomic E-state index is 0.225. The zero-order valence-electron chi connectivity index (χ0n) is 10.3. The number of hydroxylamine groups is 2. The highest BCUT2D eigenvalue weighted by Crippen LogP contribution is 2.33. The Morgan fingerprint density at radius 2 is 2.11 bits per heavy atom. The number of carbonyl (C=O) groups excluding carboxylic acids is 1. The molecule has 0 aliphatic carbocycles. The van der Waals surface area contributed by atoms with Crippen molar-refractivity contribution in [1.82, 2.24) is 9.96 Å². The van der Waals surface area contributed by atoms with Crippen LogP contribution in [0.2, 0.25) is 10.0 Å². The van der Waals surface area contributed by atoms with Crippen LogP contribution in [0.1, 0.15) is 24.9 Å². The summed E-state index contributed by atoms with van der Waals surface area (Å²) in [6.07, 6.45) is 3.90. The van der Waals surface area contributed by atoms with E-state index in [1.54, 1.807) is 25.3 Å². The quantitative estimate of drug-likeness (QED) is 0.798. The smallest absolute Gasteiger partial charge is 0.122 e. The third-order valence-electron chi connectivity index (χ3n) is 3.19. The van der Waals surface area contributed by atoms with Gasteiger partial charge in [-0.3, -0.25) is 0 Å². The number of rotatable bonds is 4. The largest absolute Gasteiger partial charge is 0.757 e. The van der Waals surface area contributed by atoms with Gasteiger partial charge in [0.2, 0.25) is 0 Å². The summed E-state index contributed by atoms with van der Waals surface area (Å²) in [4.78, 5) is 12.7. The lowest BCUT2D eigenvalue weighted by Gasteiger charge is -2.38. The van der Waals surface area contributed by atoms with Crippen molar-refractivity contribution in [3.63, 3.8) is 0 Å². The molecule has 1 heterocycles. The predicted octanol–water partition coefficient (Wildman–Crippen LogP) is 3.56. The van der Waals surface area contributed by atoms with Crippen LogP contribution in [0.15, 0.2) is 30.6 Å². The second kappa shape index (κ2) is 5.82. The van der Waals surface area contributed by atoms with Crippen molar-refractivity contribution in [2.45, 2.75) is 25.6 Å². The highest BCUT2D eigenvalue weighted by atomic mass is 35.5. The van der Waals surface area contributed by atoms with Crippen molar-refractivity contribution in [2.24, 2.45) is 0 Å². The van der Waals surface area contributed by atoms with Crippen LogP contribution in [0.25, 0.3) is 0 Å².